The lowest BCUT2D eigenvalue weighted by atomic mass is 10.0. The molecule has 1 N–H and O–H groups in total. The normalized spacial score (nSPS) is 21.1. The number of benzene rings is 1. The van der Waals surface area contributed by atoms with Crippen LogP contribution in [0.2, 0.25) is 0 Å². The van der Waals surface area contributed by atoms with E-state index in [0.29, 0.717) is 6.04 Å². The van der Waals surface area contributed by atoms with E-state index in [4.69, 9.17) is 0 Å². The fourth-order valence-electron chi connectivity index (χ4n) is 3.42. The number of amides is 1. The maximum Gasteiger partial charge on any atom is 0.241 e. The van der Waals surface area contributed by atoms with Crippen LogP contribution in [0, 0.1) is 11.6 Å². The van der Waals surface area contributed by atoms with E-state index in [1.54, 1.807) is 0 Å². The lowest BCUT2D eigenvalue weighted by molar-refractivity contribution is -0.121. The highest BCUT2D eigenvalue weighted by molar-refractivity contribution is 5.94. The number of piperidine rings is 1. The first kappa shape index (κ1) is 17.0. The van der Waals surface area contributed by atoms with Crippen LogP contribution >= 0.6 is 0 Å². The van der Waals surface area contributed by atoms with E-state index < -0.39 is 11.6 Å². The van der Waals surface area contributed by atoms with Crippen molar-refractivity contribution in [3.05, 3.63) is 42.0 Å². The molecule has 1 saturated heterocycles. The molecule has 3 rings (SSSR count). The Labute approximate surface area is 141 Å². The molecule has 4 nitrogen and oxygen atoms in total. The molecular weight excluding hydrogens is 312 g/mol. The average molecular weight is 335 g/mol. The number of hydrogen-bond donors (Lipinski definition) is 1. The van der Waals surface area contributed by atoms with Gasteiger partial charge in [-0.25, -0.2) is 8.78 Å². The zero-order valence-electron chi connectivity index (χ0n) is 13.8. The van der Waals surface area contributed by atoms with E-state index in [2.05, 4.69) is 27.3 Å². The van der Waals surface area contributed by atoms with Gasteiger partial charge in [0.1, 0.15) is 0 Å². The van der Waals surface area contributed by atoms with Gasteiger partial charge in [-0.3, -0.25) is 14.6 Å². The van der Waals surface area contributed by atoms with Crippen LogP contribution in [0.3, 0.4) is 0 Å². The van der Waals surface area contributed by atoms with Crippen molar-refractivity contribution in [1.82, 2.24) is 9.80 Å². The van der Waals surface area contributed by atoms with Gasteiger partial charge in [-0.2, -0.15) is 0 Å². The molecule has 1 aromatic rings. The second kappa shape index (κ2) is 7.40. The van der Waals surface area contributed by atoms with Gasteiger partial charge < -0.3 is 5.32 Å². The van der Waals surface area contributed by atoms with Crippen LogP contribution in [-0.2, 0) is 4.79 Å². The molecule has 24 heavy (non-hydrogen) atoms. The third-order valence-electron chi connectivity index (χ3n) is 4.98. The van der Waals surface area contributed by atoms with E-state index in [1.165, 1.54) is 6.07 Å². The summed E-state index contributed by atoms with van der Waals surface area (Å²) >= 11 is 0. The van der Waals surface area contributed by atoms with Crippen molar-refractivity contribution in [3.63, 3.8) is 0 Å². The van der Waals surface area contributed by atoms with E-state index in [0.717, 1.165) is 51.2 Å². The number of hydrogen-bond acceptors (Lipinski definition) is 3. The molecule has 0 radical (unpaired) electrons. The van der Waals surface area contributed by atoms with Crippen molar-refractivity contribution in [2.75, 3.05) is 31.5 Å². The third-order valence-corrected chi connectivity index (χ3v) is 4.98. The Morgan fingerprint density at radius 3 is 2.46 bits per heavy atom. The van der Waals surface area contributed by atoms with E-state index >= 15 is 0 Å². The van der Waals surface area contributed by atoms with Crippen LogP contribution in [-0.4, -0.2) is 54.0 Å². The van der Waals surface area contributed by atoms with Crippen LogP contribution in [0.4, 0.5) is 14.5 Å². The lowest BCUT2D eigenvalue weighted by Crippen LogP contribution is -2.50. The van der Waals surface area contributed by atoms with Gasteiger partial charge in [-0.05, 0) is 31.9 Å². The van der Waals surface area contributed by atoms with Gasteiger partial charge in [0.2, 0.25) is 5.91 Å². The summed E-state index contributed by atoms with van der Waals surface area (Å²) in [5.74, 6) is -2.07. The van der Waals surface area contributed by atoms with Crippen molar-refractivity contribution in [2.24, 2.45) is 0 Å². The molecule has 0 spiro atoms. The van der Waals surface area contributed by atoms with Crippen molar-refractivity contribution < 1.29 is 13.6 Å². The molecule has 0 unspecified atom stereocenters. The smallest absolute Gasteiger partial charge is 0.241 e. The molecule has 2 aliphatic heterocycles. The predicted octanol–water partition coefficient (Wildman–Crippen LogP) is 2.63. The SMILES string of the molecule is C[C@@H](C(=O)Nc1ccc(F)c(F)c1)N1CCC(N2CC=CC2)CC1. The van der Waals surface area contributed by atoms with Gasteiger partial charge in [-0.15, -0.1) is 0 Å². The summed E-state index contributed by atoms with van der Waals surface area (Å²) in [6, 6.07) is 3.68. The molecule has 2 aliphatic rings. The molecule has 0 aromatic heterocycles. The molecule has 1 fully saturated rings. The van der Waals surface area contributed by atoms with Gasteiger partial charge in [-0.1, -0.05) is 12.2 Å². The Morgan fingerprint density at radius 1 is 1.17 bits per heavy atom. The summed E-state index contributed by atoms with van der Waals surface area (Å²) < 4.78 is 26.2. The molecular formula is C18H23F2N3O. The summed E-state index contributed by atoms with van der Waals surface area (Å²) in [5.41, 5.74) is 0.281. The molecule has 1 aromatic carbocycles. The summed E-state index contributed by atoms with van der Waals surface area (Å²) in [4.78, 5) is 17.0. The predicted molar refractivity (Wildman–Crippen MR) is 89.8 cm³/mol. The summed E-state index contributed by atoms with van der Waals surface area (Å²) in [7, 11) is 0. The van der Waals surface area contributed by atoms with Crippen LogP contribution in [0.1, 0.15) is 19.8 Å². The van der Waals surface area contributed by atoms with E-state index in [1.807, 2.05) is 6.92 Å². The molecule has 1 atom stereocenters. The zero-order chi connectivity index (χ0) is 17.1. The topological polar surface area (TPSA) is 35.6 Å². The van der Waals surface area contributed by atoms with Crippen LogP contribution < -0.4 is 5.32 Å². The second-order valence-electron chi connectivity index (χ2n) is 6.49. The van der Waals surface area contributed by atoms with Crippen molar-refractivity contribution in [2.45, 2.75) is 31.8 Å². The molecule has 2 heterocycles. The van der Waals surface area contributed by atoms with Gasteiger partial charge in [0, 0.05) is 44.0 Å². The Balaban J connectivity index is 1.51. The Bertz CT molecular complexity index is 619. The third kappa shape index (κ3) is 3.82. The Hall–Kier alpha value is -1.79. The number of carbonyl (C=O) groups is 1. The number of likely N-dealkylation sites (tertiary alicyclic amines) is 1. The fourth-order valence-corrected chi connectivity index (χ4v) is 3.42. The number of rotatable bonds is 4. The van der Waals surface area contributed by atoms with Gasteiger partial charge >= 0.3 is 0 Å². The van der Waals surface area contributed by atoms with Gasteiger partial charge in [0.05, 0.1) is 6.04 Å². The number of nitrogens with one attached hydrogen (secondary N) is 1. The highest BCUT2D eigenvalue weighted by atomic mass is 19.2. The second-order valence-corrected chi connectivity index (χ2v) is 6.49. The van der Waals surface area contributed by atoms with Gasteiger partial charge in [0.15, 0.2) is 11.6 Å². The summed E-state index contributed by atoms with van der Waals surface area (Å²) in [6.07, 6.45) is 6.49. The van der Waals surface area contributed by atoms with Crippen LogP contribution in [0.25, 0.3) is 0 Å². The fraction of sp³-hybridized carbons (Fsp3) is 0.500. The van der Waals surface area contributed by atoms with E-state index in [9.17, 15) is 13.6 Å². The molecule has 6 heteroatoms. The standard InChI is InChI=1S/C18H23F2N3O/c1-13(18(24)21-14-4-5-16(19)17(20)12-14)22-10-6-15(7-11-22)23-8-2-3-9-23/h2-5,12-13,15H,6-11H2,1H3,(H,21,24)/t13-/m0/s1. The first-order valence-electron chi connectivity index (χ1n) is 8.43. The largest absolute Gasteiger partial charge is 0.325 e. The molecule has 130 valence electrons. The first-order chi connectivity index (χ1) is 11.5. The van der Waals surface area contributed by atoms with Crippen molar-refractivity contribution >= 4 is 11.6 Å². The molecule has 0 bridgehead atoms. The number of anilines is 1. The van der Waals surface area contributed by atoms with Crippen molar-refractivity contribution in [3.8, 4) is 0 Å². The highest BCUT2D eigenvalue weighted by Crippen LogP contribution is 2.21. The molecule has 1 amide bonds. The summed E-state index contributed by atoms with van der Waals surface area (Å²) in [6.45, 7) is 5.64. The minimum atomic E-state index is -0.958. The minimum absolute atomic E-state index is 0.192. The highest BCUT2D eigenvalue weighted by Gasteiger charge is 2.29. The first-order valence-corrected chi connectivity index (χ1v) is 8.43. The van der Waals surface area contributed by atoms with Crippen LogP contribution in [0.5, 0.6) is 0 Å². The van der Waals surface area contributed by atoms with E-state index in [-0.39, 0.29) is 17.6 Å². The lowest BCUT2D eigenvalue weighted by Gasteiger charge is -2.38. The van der Waals surface area contributed by atoms with Gasteiger partial charge in [0.25, 0.3) is 0 Å². The zero-order valence-corrected chi connectivity index (χ0v) is 13.8. The van der Waals surface area contributed by atoms with Crippen molar-refractivity contribution in [1.29, 1.82) is 0 Å². The summed E-state index contributed by atoms with van der Waals surface area (Å²) in [5, 5.41) is 2.67. The molecule has 0 saturated carbocycles. The number of halogens is 2. The monoisotopic (exact) mass is 335 g/mol. The average Bonchev–Trinajstić information content (AvgIpc) is 3.12. The minimum Gasteiger partial charge on any atom is -0.325 e. The number of nitrogens with zero attached hydrogens (tertiary/aromatic N) is 2. The Kier molecular flexibility index (Phi) is 5.26. The number of carbonyl (C=O) groups excluding carboxylic acids is 1. The van der Waals surface area contributed by atoms with Crippen LogP contribution in [0.15, 0.2) is 30.4 Å². The maximum absolute atomic E-state index is 13.2. The maximum atomic E-state index is 13.2. The molecule has 0 aliphatic carbocycles. The quantitative estimate of drug-likeness (QED) is 0.859. The Morgan fingerprint density at radius 2 is 1.83 bits per heavy atom.